The second-order valence-corrected chi connectivity index (χ2v) is 6.45. The molecule has 3 nitrogen and oxygen atoms in total. The molecule has 1 unspecified atom stereocenters. The van der Waals surface area contributed by atoms with Crippen LogP contribution in [0, 0.1) is 5.92 Å². The third-order valence-electron chi connectivity index (χ3n) is 5.02. The van der Waals surface area contributed by atoms with Crippen molar-refractivity contribution in [2.45, 2.75) is 70.4 Å². The first-order valence-corrected chi connectivity index (χ1v) is 7.36. The summed E-state index contributed by atoms with van der Waals surface area (Å²) in [6.45, 7) is 7.21. The van der Waals surface area contributed by atoms with Crippen molar-refractivity contribution in [2.24, 2.45) is 11.8 Å². The summed E-state index contributed by atoms with van der Waals surface area (Å²) < 4.78 is 0. The Morgan fingerprint density at radius 3 is 2.29 bits per heavy atom. The van der Waals surface area contributed by atoms with Crippen LogP contribution in [0.2, 0.25) is 0 Å². The van der Waals surface area contributed by atoms with Crippen molar-refractivity contribution in [3.05, 3.63) is 0 Å². The van der Waals surface area contributed by atoms with Crippen LogP contribution in [-0.4, -0.2) is 29.6 Å². The maximum atomic E-state index is 5.83. The van der Waals surface area contributed by atoms with Gasteiger partial charge in [0.15, 0.2) is 0 Å². The molecule has 1 saturated heterocycles. The summed E-state index contributed by atoms with van der Waals surface area (Å²) in [5, 5.41) is 0. The second-order valence-electron chi connectivity index (χ2n) is 6.45. The molecule has 17 heavy (non-hydrogen) atoms. The lowest BCUT2D eigenvalue weighted by Crippen LogP contribution is -2.59. The molecule has 1 aliphatic carbocycles. The number of likely N-dealkylation sites (tertiary alicyclic amines) is 1. The van der Waals surface area contributed by atoms with Crippen LogP contribution < -0.4 is 11.3 Å². The van der Waals surface area contributed by atoms with Gasteiger partial charge in [-0.15, -0.1) is 0 Å². The molecule has 0 amide bonds. The van der Waals surface area contributed by atoms with Gasteiger partial charge in [-0.2, -0.15) is 0 Å². The normalized spacial score (nSPS) is 25.6. The molecule has 1 atom stereocenters. The lowest BCUT2D eigenvalue weighted by atomic mass is 9.85. The maximum Gasteiger partial charge on any atom is 0.0392 e. The summed E-state index contributed by atoms with van der Waals surface area (Å²) in [5.74, 6) is 6.73. The highest BCUT2D eigenvalue weighted by Crippen LogP contribution is 2.33. The number of rotatable bonds is 5. The van der Waals surface area contributed by atoms with Gasteiger partial charge in [0, 0.05) is 11.6 Å². The molecule has 0 bridgehead atoms. The fourth-order valence-corrected chi connectivity index (χ4v) is 3.65. The van der Waals surface area contributed by atoms with E-state index in [0.717, 1.165) is 5.92 Å². The fourth-order valence-electron chi connectivity index (χ4n) is 3.65. The van der Waals surface area contributed by atoms with Gasteiger partial charge in [-0.3, -0.25) is 16.2 Å². The Labute approximate surface area is 106 Å². The zero-order chi connectivity index (χ0) is 12.3. The summed E-state index contributed by atoms with van der Waals surface area (Å²) in [6.07, 6.45) is 9.62. The Morgan fingerprint density at radius 1 is 1.18 bits per heavy atom. The van der Waals surface area contributed by atoms with Gasteiger partial charge in [-0.25, -0.2) is 0 Å². The van der Waals surface area contributed by atoms with Gasteiger partial charge >= 0.3 is 0 Å². The molecule has 0 spiro atoms. The highest BCUT2D eigenvalue weighted by atomic mass is 15.3. The molecule has 2 fully saturated rings. The lowest BCUT2D eigenvalue weighted by Gasteiger charge is -2.42. The smallest absolute Gasteiger partial charge is 0.0392 e. The molecule has 3 N–H and O–H groups in total. The highest BCUT2D eigenvalue weighted by molar-refractivity contribution is 4.95. The van der Waals surface area contributed by atoms with Crippen LogP contribution in [0.5, 0.6) is 0 Å². The van der Waals surface area contributed by atoms with Crippen molar-refractivity contribution >= 4 is 0 Å². The Kier molecular flexibility index (Phi) is 4.45. The van der Waals surface area contributed by atoms with Crippen LogP contribution in [0.25, 0.3) is 0 Å². The Morgan fingerprint density at radius 2 is 1.76 bits per heavy atom. The molecule has 0 aromatic carbocycles. The van der Waals surface area contributed by atoms with E-state index < -0.39 is 0 Å². The third-order valence-corrected chi connectivity index (χ3v) is 5.02. The van der Waals surface area contributed by atoms with Gasteiger partial charge in [0.05, 0.1) is 0 Å². The van der Waals surface area contributed by atoms with E-state index in [0.29, 0.717) is 6.04 Å². The van der Waals surface area contributed by atoms with Gasteiger partial charge in [0.25, 0.3) is 0 Å². The van der Waals surface area contributed by atoms with Crippen molar-refractivity contribution in [3.63, 3.8) is 0 Å². The molecular formula is C14H29N3. The third kappa shape index (κ3) is 3.01. The monoisotopic (exact) mass is 239 g/mol. The second kappa shape index (κ2) is 5.68. The topological polar surface area (TPSA) is 41.3 Å². The number of nitrogens with one attached hydrogen (secondary N) is 1. The van der Waals surface area contributed by atoms with Crippen LogP contribution in [-0.2, 0) is 0 Å². The maximum absolute atomic E-state index is 5.83. The van der Waals surface area contributed by atoms with Crippen LogP contribution in [0.1, 0.15) is 58.8 Å². The summed E-state index contributed by atoms with van der Waals surface area (Å²) in [7, 11) is 0. The van der Waals surface area contributed by atoms with E-state index in [1.807, 2.05) is 0 Å². The van der Waals surface area contributed by atoms with Crippen molar-refractivity contribution in [3.8, 4) is 0 Å². The van der Waals surface area contributed by atoms with Gasteiger partial charge in [0.2, 0.25) is 0 Å². The molecule has 0 aromatic rings. The van der Waals surface area contributed by atoms with Gasteiger partial charge < -0.3 is 0 Å². The van der Waals surface area contributed by atoms with Crippen molar-refractivity contribution in [1.29, 1.82) is 0 Å². The number of hydrazine groups is 1. The Balaban J connectivity index is 1.94. The van der Waals surface area contributed by atoms with Crippen molar-refractivity contribution in [2.75, 3.05) is 13.1 Å². The SMILES string of the molecule is CC(C)(C(CC1CCCC1)NN)N1CCCC1. The minimum atomic E-state index is 0.202. The predicted molar refractivity (Wildman–Crippen MR) is 72.6 cm³/mol. The van der Waals surface area contributed by atoms with E-state index in [1.165, 1.54) is 58.0 Å². The lowest BCUT2D eigenvalue weighted by molar-refractivity contribution is 0.0940. The summed E-state index contributed by atoms with van der Waals surface area (Å²) in [4.78, 5) is 2.62. The van der Waals surface area contributed by atoms with E-state index >= 15 is 0 Å². The molecule has 2 aliphatic rings. The van der Waals surface area contributed by atoms with Gasteiger partial charge in [-0.05, 0) is 52.1 Å². The van der Waals surface area contributed by atoms with E-state index in [9.17, 15) is 0 Å². The van der Waals surface area contributed by atoms with Crippen molar-refractivity contribution < 1.29 is 0 Å². The average Bonchev–Trinajstić information content (AvgIpc) is 2.98. The standard InChI is InChI=1S/C14H29N3/c1-14(2,17-9-5-6-10-17)13(16-15)11-12-7-3-4-8-12/h12-13,16H,3-11,15H2,1-2H3. The molecule has 3 heteroatoms. The average molecular weight is 239 g/mol. The largest absolute Gasteiger partial charge is 0.297 e. The molecule has 100 valence electrons. The molecule has 0 radical (unpaired) electrons. The van der Waals surface area contributed by atoms with Gasteiger partial charge in [0.1, 0.15) is 0 Å². The molecule has 1 aliphatic heterocycles. The summed E-state index contributed by atoms with van der Waals surface area (Å²) in [6, 6.07) is 0.434. The van der Waals surface area contributed by atoms with Crippen LogP contribution in [0.4, 0.5) is 0 Å². The fraction of sp³-hybridized carbons (Fsp3) is 1.00. The molecule has 1 saturated carbocycles. The molecule has 0 aromatic heterocycles. The zero-order valence-electron chi connectivity index (χ0n) is 11.5. The minimum Gasteiger partial charge on any atom is -0.297 e. The van der Waals surface area contributed by atoms with Crippen LogP contribution in [0.3, 0.4) is 0 Å². The first-order valence-electron chi connectivity index (χ1n) is 7.36. The minimum absolute atomic E-state index is 0.202. The van der Waals surface area contributed by atoms with Crippen LogP contribution >= 0.6 is 0 Å². The number of hydrogen-bond acceptors (Lipinski definition) is 3. The number of nitrogens with two attached hydrogens (primary N) is 1. The molecular weight excluding hydrogens is 210 g/mol. The summed E-state index contributed by atoms with van der Waals surface area (Å²) in [5.41, 5.74) is 3.31. The highest BCUT2D eigenvalue weighted by Gasteiger charge is 2.37. The van der Waals surface area contributed by atoms with E-state index in [4.69, 9.17) is 5.84 Å². The van der Waals surface area contributed by atoms with E-state index in [1.54, 1.807) is 0 Å². The van der Waals surface area contributed by atoms with Gasteiger partial charge in [-0.1, -0.05) is 25.7 Å². The van der Waals surface area contributed by atoms with E-state index in [-0.39, 0.29) is 5.54 Å². The summed E-state index contributed by atoms with van der Waals surface area (Å²) >= 11 is 0. The molecule has 2 rings (SSSR count). The van der Waals surface area contributed by atoms with Crippen molar-refractivity contribution in [1.82, 2.24) is 10.3 Å². The van der Waals surface area contributed by atoms with E-state index in [2.05, 4.69) is 24.2 Å². The Bertz CT molecular complexity index is 228. The molecule has 1 heterocycles. The Hall–Kier alpha value is -0.120. The number of hydrogen-bond donors (Lipinski definition) is 2. The first-order chi connectivity index (χ1) is 8.14. The van der Waals surface area contributed by atoms with Crippen LogP contribution in [0.15, 0.2) is 0 Å². The predicted octanol–water partition coefficient (Wildman–Crippen LogP) is 2.27. The first kappa shape index (κ1) is 13.3. The quantitative estimate of drug-likeness (QED) is 0.571. The number of nitrogens with zero attached hydrogens (tertiary/aromatic N) is 1. The zero-order valence-corrected chi connectivity index (χ0v) is 11.5.